The summed E-state index contributed by atoms with van der Waals surface area (Å²) >= 11 is 0. The number of carbonyl (C=O) groups excluding carboxylic acids is 5. The molecular weight excluding hydrogens is 478 g/mol. The first-order valence-corrected chi connectivity index (χ1v) is 11.8. The fourth-order valence-corrected chi connectivity index (χ4v) is 4.88. The predicted molar refractivity (Wildman–Crippen MR) is 128 cm³/mol. The van der Waals surface area contributed by atoms with Crippen LogP contribution in [0.4, 0.5) is 5.69 Å². The van der Waals surface area contributed by atoms with Crippen LogP contribution in [-0.4, -0.2) is 62.0 Å². The van der Waals surface area contributed by atoms with Gasteiger partial charge in [-0.05, 0) is 54.3 Å². The predicted octanol–water partition coefficient (Wildman–Crippen LogP) is 0.566. The number of rotatable bonds is 4. The molecule has 3 aromatic rings. The summed E-state index contributed by atoms with van der Waals surface area (Å²) in [5.74, 6) is -1.73. The number of hydrogen-bond donors (Lipinski definition) is 3. The molecule has 1 atom stereocenters. The van der Waals surface area contributed by atoms with E-state index >= 15 is 0 Å². The zero-order chi connectivity index (χ0) is 25.7. The van der Waals surface area contributed by atoms with Crippen molar-refractivity contribution in [2.75, 3.05) is 11.9 Å². The number of imide groups is 1. The molecule has 37 heavy (non-hydrogen) atoms. The van der Waals surface area contributed by atoms with Crippen LogP contribution in [0.25, 0.3) is 5.69 Å². The lowest BCUT2D eigenvalue weighted by atomic mass is 10.00. The molecule has 0 spiro atoms. The van der Waals surface area contributed by atoms with Crippen molar-refractivity contribution in [3.05, 3.63) is 70.5 Å². The molecule has 0 radical (unpaired) electrons. The number of nitrogens with one attached hydrogen (secondary N) is 3. The Morgan fingerprint density at radius 2 is 1.86 bits per heavy atom. The highest BCUT2D eigenvalue weighted by molar-refractivity contribution is 6.06. The maximum atomic E-state index is 12.9. The van der Waals surface area contributed by atoms with E-state index in [0.717, 1.165) is 12.0 Å². The first-order valence-electron chi connectivity index (χ1n) is 11.8. The topological polar surface area (TPSA) is 155 Å². The van der Waals surface area contributed by atoms with Crippen molar-refractivity contribution in [3.63, 3.8) is 0 Å². The van der Waals surface area contributed by atoms with Crippen molar-refractivity contribution >= 4 is 35.2 Å². The maximum Gasteiger partial charge on any atom is 0.277 e. The molecule has 3 N–H and O–H groups in total. The summed E-state index contributed by atoms with van der Waals surface area (Å²) in [4.78, 5) is 62.9. The molecule has 6 rings (SSSR count). The summed E-state index contributed by atoms with van der Waals surface area (Å²) in [5, 5.41) is 15.8. The van der Waals surface area contributed by atoms with Gasteiger partial charge in [-0.2, -0.15) is 0 Å². The Kier molecular flexibility index (Phi) is 5.29. The lowest BCUT2D eigenvalue weighted by molar-refractivity contribution is -0.136. The van der Waals surface area contributed by atoms with Gasteiger partial charge < -0.3 is 15.5 Å². The van der Waals surface area contributed by atoms with Gasteiger partial charge in [0.15, 0.2) is 5.69 Å². The lowest BCUT2D eigenvalue weighted by Gasteiger charge is -2.29. The van der Waals surface area contributed by atoms with Crippen LogP contribution in [0.2, 0.25) is 0 Å². The van der Waals surface area contributed by atoms with E-state index in [2.05, 4.69) is 26.3 Å². The monoisotopic (exact) mass is 499 g/mol. The second kappa shape index (κ2) is 8.66. The van der Waals surface area contributed by atoms with Crippen molar-refractivity contribution in [3.8, 4) is 5.69 Å². The van der Waals surface area contributed by atoms with Crippen LogP contribution in [0.3, 0.4) is 0 Å². The molecule has 1 fully saturated rings. The van der Waals surface area contributed by atoms with E-state index < -0.39 is 17.9 Å². The maximum absolute atomic E-state index is 12.9. The Labute approximate surface area is 210 Å². The van der Waals surface area contributed by atoms with Crippen LogP contribution in [0.5, 0.6) is 0 Å². The summed E-state index contributed by atoms with van der Waals surface area (Å²) in [5.41, 5.74) is 3.78. The molecule has 0 aliphatic carbocycles. The number of fused-ring (bicyclic) bond motifs is 2. The molecule has 3 aliphatic heterocycles. The summed E-state index contributed by atoms with van der Waals surface area (Å²) in [6.07, 6.45) is 2.68. The second-order valence-corrected chi connectivity index (χ2v) is 9.12. The third kappa shape index (κ3) is 4.01. The van der Waals surface area contributed by atoms with Crippen LogP contribution in [-0.2, 0) is 22.6 Å². The number of hydrogen-bond acceptors (Lipinski definition) is 7. The van der Waals surface area contributed by atoms with Crippen molar-refractivity contribution < 1.29 is 24.0 Å². The molecule has 0 saturated carbocycles. The number of amides is 5. The Balaban J connectivity index is 1.18. The van der Waals surface area contributed by atoms with E-state index in [0.29, 0.717) is 34.6 Å². The van der Waals surface area contributed by atoms with Crippen LogP contribution < -0.4 is 16.0 Å². The van der Waals surface area contributed by atoms with Crippen LogP contribution in [0.15, 0.2) is 42.6 Å². The molecule has 12 heteroatoms. The van der Waals surface area contributed by atoms with E-state index in [-0.39, 0.29) is 42.8 Å². The lowest BCUT2D eigenvalue weighted by Crippen LogP contribution is -2.52. The van der Waals surface area contributed by atoms with Gasteiger partial charge >= 0.3 is 0 Å². The second-order valence-electron chi connectivity index (χ2n) is 9.12. The molecule has 1 saturated heterocycles. The molecule has 4 heterocycles. The van der Waals surface area contributed by atoms with E-state index in [1.807, 2.05) is 6.07 Å². The minimum absolute atomic E-state index is 0.0731. The van der Waals surface area contributed by atoms with Gasteiger partial charge in [0.05, 0.1) is 11.9 Å². The van der Waals surface area contributed by atoms with Crippen LogP contribution >= 0.6 is 0 Å². The molecule has 5 amide bonds. The zero-order valence-corrected chi connectivity index (χ0v) is 19.5. The van der Waals surface area contributed by atoms with Gasteiger partial charge in [0.25, 0.3) is 17.7 Å². The average Bonchev–Trinajstić information content (AvgIpc) is 3.50. The highest BCUT2D eigenvalue weighted by Crippen LogP contribution is 2.29. The molecule has 2 aromatic carbocycles. The Bertz CT molecular complexity index is 1510. The minimum Gasteiger partial charge on any atom is -0.352 e. The van der Waals surface area contributed by atoms with Gasteiger partial charge in [-0.1, -0.05) is 11.3 Å². The summed E-state index contributed by atoms with van der Waals surface area (Å²) in [6, 6.07) is 9.60. The van der Waals surface area contributed by atoms with Gasteiger partial charge in [-0.15, -0.1) is 5.10 Å². The summed E-state index contributed by atoms with van der Waals surface area (Å²) in [6.45, 7) is 0.814. The number of nitrogens with zero attached hydrogens (tertiary/aromatic N) is 4. The SMILES string of the molecule is O=C1CCC(N2Cc3cc(-n4cc(C(=O)Nc5ccc6c(c5)C(=O)NCC6)nn4)ccc3C2=O)C(=O)N1. The number of carbonyl (C=O) groups is 5. The molecule has 3 aliphatic rings. The fourth-order valence-electron chi connectivity index (χ4n) is 4.88. The summed E-state index contributed by atoms with van der Waals surface area (Å²) in [7, 11) is 0. The normalized spacial score (nSPS) is 18.7. The number of aromatic nitrogens is 3. The first kappa shape index (κ1) is 22.6. The van der Waals surface area contributed by atoms with E-state index in [9.17, 15) is 24.0 Å². The van der Waals surface area contributed by atoms with Crippen molar-refractivity contribution in [1.29, 1.82) is 0 Å². The minimum atomic E-state index is -0.697. The van der Waals surface area contributed by atoms with Crippen LogP contribution in [0.1, 0.15) is 55.2 Å². The quantitative estimate of drug-likeness (QED) is 0.443. The van der Waals surface area contributed by atoms with Gasteiger partial charge in [-0.3, -0.25) is 29.3 Å². The molecular formula is C25H21N7O5. The first-order chi connectivity index (χ1) is 17.9. The molecule has 1 unspecified atom stereocenters. The number of benzene rings is 2. The smallest absolute Gasteiger partial charge is 0.277 e. The van der Waals surface area contributed by atoms with Gasteiger partial charge in [0, 0.05) is 36.3 Å². The van der Waals surface area contributed by atoms with Gasteiger partial charge in [0.2, 0.25) is 11.8 Å². The fraction of sp³-hybridized carbons (Fsp3) is 0.240. The van der Waals surface area contributed by atoms with Gasteiger partial charge in [0.1, 0.15) is 6.04 Å². The average molecular weight is 499 g/mol. The van der Waals surface area contributed by atoms with E-state index in [1.54, 1.807) is 30.3 Å². The number of piperidine rings is 1. The molecule has 0 bridgehead atoms. The van der Waals surface area contributed by atoms with Crippen LogP contribution in [0, 0.1) is 0 Å². The molecule has 1 aromatic heterocycles. The third-order valence-electron chi connectivity index (χ3n) is 6.79. The molecule has 186 valence electrons. The van der Waals surface area contributed by atoms with E-state index in [1.165, 1.54) is 15.8 Å². The van der Waals surface area contributed by atoms with Crippen molar-refractivity contribution in [2.45, 2.75) is 31.8 Å². The van der Waals surface area contributed by atoms with E-state index in [4.69, 9.17) is 0 Å². The highest BCUT2D eigenvalue weighted by atomic mass is 16.2. The zero-order valence-electron chi connectivity index (χ0n) is 19.5. The van der Waals surface area contributed by atoms with Gasteiger partial charge in [-0.25, -0.2) is 4.68 Å². The largest absolute Gasteiger partial charge is 0.352 e. The highest BCUT2D eigenvalue weighted by Gasteiger charge is 2.39. The molecule has 12 nitrogen and oxygen atoms in total. The Morgan fingerprint density at radius 3 is 2.70 bits per heavy atom. The Morgan fingerprint density at radius 1 is 1.00 bits per heavy atom. The standard InChI is InChI=1S/C25H21N7O5/c33-21-6-5-20(24(36)28-21)31-11-14-9-16(3-4-17(14)25(31)37)32-12-19(29-30-32)23(35)27-15-2-1-13-7-8-26-22(34)18(13)10-15/h1-4,9-10,12,20H,5-8,11H2,(H,26,34)(H,27,35)(H,28,33,36). The Hall–Kier alpha value is -4.87. The van der Waals surface area contributed by atoms with Crippen molar-refractivity contribution in [2.24, 2.45) is 0 Å². The van der Waals surface area contributed by atoms with Crippen molar-refractivity contribution in [1.82, 2.24) is 30.5 Å². The third-order valence-corrected chi connectivity index (χ3v) is 6.79. The number of anilines is 1. The summed E-state index contributed by atoms with van der Waals surface area (Å²) < 4.78 is 1.43.